The van der Waals surface area contributed by atoms with Crippen LogP contribution in [0.3, 0.4) is 0 Å². The highest BCUT2D eigenvalue weighted by Crippen LogP contribution is 2.36. The van der Waals surface area contributed by atoms with E-state index in [-0.39, 0.29) is 0 Å². The van der Waals surface area contributed by atoms with E-state index in [4.69, 9.17) is 23.2 Å². The maximum atomic E-state index is 5.57. The van der Waals surface area contributed by atoms with Crippen LogP contribution in [0.1, 0.15) is 0 Å². The lowest BCUT2D eigenvalue weighted by Gasteiger charge is -1.96. The van der Waals surface area contributed by atoms with Gasteiger partial charge in [0.05, 0.1) is 16.8 Å². The van der Waals surface area contributed by atoms with Gasteiger partial charge in [-0.25, -0.2) is 0 Å². The van der Waals surface area contributed by atoms with E-state index in [9.17, 15) is 0 Å². The molecule has 0 radical (unpaired) electrons. The second kappa shape index (κ2) is 5.60. The Labute approximate surface area is 103 Å². The monoisotopic (exact) mass is 434 g/mol. The van der Waals surface area contributed by atoms with E-state index in [1.165, 1.54) is 0 Å². The summed E-state index contributed by atoms with van der Waals surface area (Å²) in [6, 6.07) is 0. The van der Waals surface area contributed by atoms with E-state index in [1.807, 2.05) is 0 Å². The molecule has 6 heteroatoms. The summed E-state index contributed by atoms with van der Waals surface area (Å²) in [5, 5.41) is 0. The van der Waals surface area contributed by atoms with Gasteiger partial charge < -0.3 is 0 Å². The van der Waals surface area contributed by atoms with Crippen molar-refractivity contribution in [3.05, 3.63) is 16.8 Å². The van der Waals surface area contributed by atoms with Gasteiger partial charge in [-0.15, -0.1) is 0 Å². The van der Waals surface area contributed by atoms with Gasteiger partial charge in [0.2, 0.25) is 0 Å². The van der Waals surface area contributed by atoms with Gasteiger partial charge in [0.25, 0.3) is 0 Å². The molecule has 0 amide bonds. The van der Waals surface area contributed by atoms with E-state index >= 15 is 0 Å². The average Bonchev–Trinajstić information content (AvgIpc) is 1.84. The van der Waals surface area contributed by atoms with Gasteiger partial charge in [0.1, 0.15) is 0 Å². The molecule has 10 heavy (non-hydrogen) atoms. The molecule has 58 valence electrons. The molecule has 0 aliphatic carbocycles. The van der Waals surface area contributed by atoms with E-state index in [0.717, 1.165) is 0 Å². The molecule has 0 unspecified atom stereocenters. The predicted octanol–water partition coefficient (Wildman–Crippen LogP) is 5.38. The first kappa shape index (κ1) is 12.0. The van der Waals surface area contributed by atoms with Crippen molar-refractivity contribution in [2.75, 3.05) is 0 Å². The van der Waals surface area contributed by atoms with Gasteiger partial charge >= 0.3 is 0 Å². The molecule has 0 N–H and O–H groups in total. The van der Waals surface area contributed by atoms with Crippen LogP contribution in [0.4, 0.5) is 0 Å². The molecule has 0 fully saturated rings. The highest BCUT2D eigenvalue weighted by Gasteiger charge is 2.05. The number of allylic oxidation sites excluding steroid dienone is 2. The summed E-state index contributed by atoms with van der Waals surface area (Å²) < 4.78 is 2.24. The van der Waals surface area contributed by atoms with Gasteiger partial charge in [0, 0.05) is 0 Å². The zero-order chi connectivity index (χ0) is 8.31. The molecule has 0 aliphatic rings. The Bertz CT molecular complexity index is 165. The van der Waals surface area contributed by atoms with E-state index in [2.05, 4.69) is 63.7 Å². The van der Waals surface area contributed by atoms with Crippen molar-refractivity contribution in [2.45, 2.75) is 0 Å². The molecular weight excluding hydrogens is 439 g/mol. The summed E-state index contributed by atoms with van der Waals surface area (Å²) in [4.78, 5) is 0. The minimum absolute atomic E-state index is 0.456. The van der Waals surface area contributed by atoms with Crippen molar-refractivity contribution in [1.82, 2.24) is 0 Å². The topological polar surface area (TPSA) is 0 Å². The Hall–Kier alpha value is 1.98. The Morgan fingerprint density at radius 2 is 0.900 bits per heavy atom. The maximum absolute atomic E-state index is 5.57. The van der Waals surface area contributed by atoms with Crippen molar-refractivity contribution in [2.24, 2.45) is 0 Å². The fourth-order valence-corrected chi connectivity index (χ4v) is 1.91. The second-order valence-electron chi connectivity index (χ2n) is 1.15. The first-order valence-electron chi connectivity index (χ1n) is 1.88. The summed E-state index contributed by atoms with van der Waals surface area (Å²) in [6.07, 6.45) is 0. The number of rotatable bonds is 1. The molecule has 0 nitrogen and oxygen atoms in total. The number of halogens is 6. The smallest absolute Gasteiger partial charge is 0.0749 e. The predicted molar refractivity (Wildman–Crippen MR) is 61.5 cm³/mol. The summed E-state index contributed by atoms with van der Waals surface area (Å²) in [6.45, 7) is 0. The highest BCUT2D eigenvalue weighted by molar-refractivity contribution is 9.17. The van der Waals surface area contributed by atoms with E-state index < -0.39 is 0 Å². The van der Waals surface area contributed by atoms with Crippen LogP contribution < -0.4 is 0 Å². The summed E-state index contributed by atoms with van der Waals surface area (Å²) >= 11 is 23.7. The van der Waals surface area contributed by atoms with Crippen LogP contribution in [0.2, 0.25) is 0 Å². The molecule has 0 heterocycles. The minimum atomic E-state index is 0.456. The van der Waals surface area contributed by atoms with Crippen LogP contribution in [-0.2, 0) is 0 Å². The average molecular weight is 439 g/mol. The second-order valence-corrected chi connectivity index (χ2v) is 5.99. The normalized spacial score (nSPS) is 16.2. The van der Waals surface area contributed by atoms with Crippen LogP contribution in [0.5, 0.6) is 0 Å². The lowest BCUT2D eigenvalue weighted by Crippen LogP contribution is -1.71. The first-order chi connectivity index (χ1) is 4.46. The minimum Gasteiger partial charge on any atom is -0.0749 e. The molecule has 0 rings (SSSR count). The molecule has 0 atom stereocenters. The molecule has 0 saturated carbocycles. The third-order valence-electron chi connectivity index (χ3n) is 0.525. The van der Waals surface area contributed by atoms with Crippen LogP contribution in [-0.4, -0.2) is 0 Å². The third kappa shape index (κ3) is 4.12. The third-order valence-corrected chi connectivity index (χ3v) is 5.33. The summed E-state index contributed by atoms with van der Waals surface area (Å²) in [5.74, 6) is 0. The molecule has 0 aromatic heterocycles. The van der Waals surface area contributed by atoms with E-state index in [0.29, 0.717) is 16.8 Å². The van der Waals surface area contributed by atoms with Gasteiger partial charge in [-0.05, 0) is 63.7 Å². The van der Waals surface area contributed by atoms with Crippen molar-refractivity contribution in [1.29, 1.82) is 0 Å². The standard InChI is InChI=1S/C4Br4Cl2/c5-1(3(7)9)2(6)4(8)10. The van der Waals surface area contributed by atoms with E-state index in [1.54, 1.807) is 0 Å². The van der Waals surface area contributed by atoms with Crippen LogP contribution >= 0.6 is 86.9 Å². The maximum Gasteiger partial charge on any atom is 0.0987 e. The zero-order valence-electron chi connectivity index (χ0n) is 4.27. The molecule has 0 aromatic rings. The molecule has 0 spiro atoms. The van der Waals surface area contributed by atoms with Gasteiger partial charge in [-0.1, -0.05) is 23.2 Å². The molecule has 0 aromatic carbocycles. The first-order valence-corrected chi connectivity index (χ1v) is 5.81. The van der Waals surface area contributed by atoms with Crippen molar-refractivity contribution >= 4 is 86.9 Å². The molecule has 0 aliphatic heterocycles. The van der Waals surface area contributed by atoms with Crippen LogP contribution in [0.25, 0.3) is 0 Å². The summed E-state index contributed by atoms with van der Waals surface area (Å²) in [5.41, 5.74) is 0. The largest absolute Gasteiger partial charge is 0.0987 e. The lowest BCUT2D eigenvalue weighted by molar-refractivity contribution is 1.94. The van der Waals surface area contributed by atoms with Crippen molar-refractivity contribution in [3.8, 4) is 0 Å². The Morgan fingerprint density at radius 1 is 0.700 bits per heavy atom. The zero-order valence-corrected chi connectivity index (χ0v) is 12.1. The molecular formula is C4Br4Cl2. The van der Waals surface area contributed by atoms with Crippen LogP contribution in [0.15, 0.2) is 16.8 Å². The highest BCUT2D eigenvalue weighted by atomic mass is 79.9. The summed E-state index contributed by atoms with van der Waals surface area (Å²) in [7, 11) is 0. The quantitative estimate of drug-likeness (QED) is 0.482. The Morgan fingerprint density at radius 3 is 1.00 bits per heavy atom. The molecule has 0 bridgehead atoms. The van der Waals surface area contributed by atoms with Crippen LogP contribution in [0, 0.1) is 0 Å². The Balaban J connectivity index is 4.71. The Kier molecular flexibility index (Phi) is 6.70. The fourth-order valence-electron chi connectivity index (χ4n) is 0.166. The SMILES string of the molecule is ClC(Br)=C(Br)C(Br)=C(Cl)Br. The number of hydrogen-bond acceptors (Lipinski definition) is 0. The van der Waals surface area contributed by atoms with Gasteiger partial charge in [0.15, 0.2) is 0 Å². The van der Waals surface area contributed by atoms with Gasteiger partial charge in [-0.2, -0.15) is 0 Å². The lowest BCUT2D eigenvalue weighted by atomic mass is 10.6. The van der Waals surface area contributed by atoms with Gasteiger partial charge in [-0.3, -0.25) is 0 Å². The van der Waals surface area contributed by atoms with Crippen molar-refractivity contribution in [3.63, 3.8) is 0 Å². The van der Waals surface area contributed by atoms with Crippen molar-refractivity contribution < 1.29 is 0 Å². The molecule has 0 saturated heterocycles. The number of hydrogen-bond donors (Lipinski definition) is 0. The fraction of sp³-hybridized carbons (Fsp3) is 0.